The van der Waals surface area contributed by atoms with Gasteiger partial charge in [-0.1, -0.05) is 11.6 Å². The zero-order valence-corrected chi connectivity index (χ0v) is 20.5. The molecular weight excluding hydrogens is 470 g/mol. The van der Waals surface area contributed by atoms with Crippen LogP contribution in [0.3, 0.4) is 0 Å². The van der Waals surface area contributed by atoms with Gasteiger partial charge in [0.15, 0.2) is 0 Å². The lowest BCUT2D eigenvalue weighted by Gasteiger charge is -2.31. The quantitative estimate of drug-likeness (QED) is 0.490. The second kappa shape index (κ2) is 8.63. The highest BCUT2D eigenvalue weighted by atomic mass is 35.5. The summed E-state index contributed by atoms with van der Waals surface area (Å²) in [5.41, 5.74) is 3.84. The van der Waals surface area contributed by atoms with Crippen LogP contribution in [-0.4, -0.2) is 39.9 Å². The first-order valence-electron chi connectivity index (χ1n) is 11.9. The molecule has 34 heavy (non-hydrogen) atoms. The molecule has 1 N–H and O–H groups in total. The van der Waals surface area contributed by atoms with E-state index in [-0.39, 0.29) is 17.9 Å². The van der Waals surface area contributed by atoms with Crippen LogP contribution in [-0.2, 0) is 16.1 Å². The maximum atomic E-state index is 12.1. The van der Waals surface area contributed by atoms with Crippen molar-refractivity contribution in [2.45, 2.75) is 70.2 Å². The standard InChI is InChI=1S/C26H26ClN3O3S/c1-14-8-15(27)9-21(25(14)33-18-10-16-2-3-17(11-18)29-16)20-6-7-28-22-12-19(34-26(20)22)13-30-23(31)4-5-24(30)32/h6-9,12,16-18,29H,2-5,10-11,13H2,1H3. The summed E-state index contributed by atoms with van der Waals surface area (Å²) in [7, 11) is 0. The third kappa shape index (κ3) is 4.00. The van der Waals surface area contributed by atoms with Crippen LogP contribution in [0.1, 0.15) is 49.0 Å². The molecule has 2 unspecified atom stereocenters. The zero-order valence-electron chi connectivity index (χ0n) is 19.0. The third-order valence-electron chi connectivity index (χ3n) is 7.18. The number of carbonyl (C=O) groups excluding carboxylic acids is 2. The van der Waals surface area contributed by atoms with Crippen molar-refractivity contribution in [3.8, 4) is 16.9 Å². The number of amides is 2. The summed E-state index contributed by atoms with van der Waals surface area (Å²) in [6.07, 6.45) is 7.06. The van der Waals surface area contributed by atoms with Crippen LogP contribution in [0.5, 0.6) is 5.75 Å². The summed E-state index contributed by atoms with van der Waals surface area (Å²) in [5.74, 6) is 0.670. The van der Waals surface area contributed by atoms with Crippen molar-refractivity contribution in [1.82, 2.24) is 15.2 Å². The molecule has 176 valence electrons. The predicted molar refractivity (Wildman–Crippen MR) is 133 cm³/mol. The molecule has 2 bridgehead atoms. The first-order valence-corrected chi connectivity index (χ1v) is 13.1. The fraction of sp³-hybridized carbons (Fsp3) is 0.423. The number of pyridine rings is 1. The molecule has 0 saturated carbocycles. The first-order chi connectivity index (χ1) is 16.4. The Labute approximate surface area is 207 Å². The normalized spacial score (nSPS) is 24.4. The Kier molecular flexibility index (Phi) is 5.59. The molecule has 2 aromatic heterocycles. The van der Waals surface area contributed by atoms with Crippen molar-refractivity contribution < 1.29 is 14.3 Å². The molecule has 0 aliphatic carbocycles. The molecule has 2 atom stereocenters. The Hall–Kier alpha value is -2.48. The molecule has 8 heteroatoms. The van der Waals surface area contributed by atoms with Crippen LogP contribution >= 0.6 is 22.9 Å². The molecule has 3 saturated heterocycles. The smallest absolute Gasteiger partial charge is 0.230 e. The molecule has 3 aromatic rings. The van der Waals surface area contributed by atoms with Gasteiger partial charge in [-0.05, 0) is 62.4 Å². The van der Waals surface area contributed by atoms with Gasteiger partial charge < -0.3 is 10.1 Å². The lowest BCUT2D eigenvalue weighted by molar-refractivity contribution is -0.138. The van der Waals surface area contributed by atoms with Crippen molar-refractivity contribution in [3.05, 3.63) is 45.9 Å². The number of halogens is 1. The van der Waals surface area contributed by atoms with Crippen molar-refractivity contribution in [1.29, 1.82) is 0 Å². The zero-order chi connectivity index (χ0) is 23.4. The molecule has 6 rings (SSSR count). The number of nitrogens with one attached hydrogen (secondary N) is 1. The number of aromatic nitrogens is 1. The second-order valence-electron chi connectivity index (χ2n) is 9.61. The number of nitrogens with zero attached hydrogens (tertiary/aromatic N) is 2. The van der Waals surface area contributed by atoms with Gasteiger partial charge in [0, 0.05) is 52.1 Å². The van der Waals surface area contributed by atoms with E-state index >= 15 is 0 Å². The number of benzene rings is 1. The van der Waals surface area contributed by atoms with Crippen molar-refractivity contribution in [2.75, 3.05) is 0 Å². The molecule has 2 amide bonds. The molecule has 5 heterocycles. The van der Waals surface area contributed by atoms with Gasteiger partial charge in [0.05, 0.1) is 16.8 Å². The van der Waals surface area contributed by atoms with Gasteiger partial charge in [-0.15, -0.1) is 11.3 Å². The largest absolute Gasteiger partial charge is 0.489 e. The van der Waals surface area contributed by atoms with Crippen LogP contribution in [0.2, 0.25) is 5.02 Å². The monoisotopic (exact) mass is 495 g/mol. The van der Waals surface area contributed by atoms with E-state index in [9.17, 15) is 9.59 Å². The van der Waals surface area contributed by atoms with E-state index in [0.717, 1.165) is 50.4 Å². The maximum absolute atomic E-state index is 12.1. The topological polar surface area (TPSA) is 71.5 Å². The highest BCUT2D eigenvalue weighted by Crippen LogP contribution is 2.43. The maximum Gasteiger partial charge on any atom is 0.230 e. The predicted octanol–water partition coefficient (Wildman–Crippen LogP) is 5.24. The fourth-order valence-corrected chi connectivity index (χ4v) is 6.99. The number of hydrogen-bond acceptors (Lipinski definition) is 6. The van der Waals surface area contributed by atoms with Crippen LogP contribution < -0.4 is 10.1 Å². The summed E-state index contributed by atoms with van der Waals surface area (Å²) in [6.45, 7) is 2.34. The highest BCUT2D eigenvalue weighted by Gasteiger charge is 2.35. The summed E-state index contributed by atoms with van der Waals surface area (Å²) >= 11 is 8.08. The van der Waals surface area contributed by atoms with E-state index in [0.29, 0.717) is 36.5 Å². The molecule has 3 fully saturated rings. The number of hydrogen-bond donors (Lipinski definition) is 1. The minimum Gasteiger partial charge on any atom is -0.489 e. The lowest BCUT2D eigenvalue weighted by Crippen LogP contribution is -2.42. The Morgan fingerprint density at radius 2 is 1.85 bits per heavy atom. The second-order valence-corrected chi connectivity index (χ2v) is 11.2. The lowest BCUT2D eigenvalue weighted by atomic mass is 10.00. The molecule has 3 aliphatic heterocycles. The Morgan fingerprint density at radius 3 is 2.59 bits per heavy atom. The van der Waals surface area contributed by atoms with E-state index in [2.05, 4.69) is 10.3 Å². The number of thiophene rings is 1. The fourth-order valence-electron chi connectivity index (χ4n) is 5.59. The Balaban J connectivity index is 1.37. The molecular formula is C26H26ClN3O3S. The number of aryl methyl sites for hydroxylation is 1. The summed E-state index contributed by atoms with van der Waals surface area (Å²) in [6, 6.07) is 9.00. The summed E-state index contributed by atoms with van der Waals surface area (Å²) < 4.78 is 7.69. The number of fused-ring (bicyclic) bond motifs is 3. The van der Waals surface area contributed by atoms with Gasteiger partial charge in [0.2, 0.25) is 11.8 Å². The van der Waals surface area contributed by atoms with E-state index in [1.807, 2.05) is 31.2 Å². The van der Waals surface area contributed by atoms with Gasteiger partial charge in [-0.25, -0.2) is 0 Å². The van der Waals surface area contributed by atoms with Gasteiger partial charge in [0.25, 0.3) is 0 Å². The number of ether oxygens (including phenoxy) is 1. The van der Waals surface area contributed by atoms with Gasteiger partial charge in [0.1, 0.15) is 11.9 Å². The minimum absolute atomic E-state index is 0.104. The molecule has 6 nitrogen and oxygen atoms in total. The number of imide groups is 1. The van der Waals surface area contributed by atoms with Crippen LogP contribution in [0.15, 0.2) is 30.5 Å². The van der Waals surface area contributed by atoms with E-state index in [1.54, 1.807) is 17.5 Å². The van der Waals surface area contributed by atoms with E-state index in [4.69, 9.17) is 16.3 Å². The van der Waals surface area contributed by atoms with Crippen LogP contribution in [0.4, 0.5) is 0 Å². The average molecular weight is 496 g/mol. The first kappa shape index (κ1) is 22.0. The van der Waals surface area contributed by atoms with Gasteiger partial charge in [-0.3, -0.25) is 19.5 Å². The SMILES string of the molecule is Cc1cc(Cl)cc(-c2ccnc3cc(CN4C(=O)CCC4=O)sc23)c1OC1CC2CCC(C1)N2. The van der Waals surface area contributed by atoms with Crippen LogP contribution in [0, 0.1) is 6.92 Å². The van der Waals surface area contributed by atoms with E-state index in [1.165, 1.54) is 17.7 Å². The number of piperidine rings is 1. The summed E-state index contributed by atoms with van der Waals surface area (Å²) in [5, 5.41) is 4.35. The van der Waals surface area contributed by atoms with Crippen molar-refractivity contribution >= 4 is 45.0 Å². The van der Waals surface area contributed by atoms with Gasteiger partial charge in [-0.2, -0.15) is 0 Å². The molecule has 0 spiro atoms. The number of likely N-dealkylation sites (tertiary alicyclic amines) is 1. The Bertz CT molecular complexity index is 1280. The molecule has 0 radical (unpaired) electrons. The van der Waals surface area contributed by atoms with E-state index < -0.39 is 0 Å². The third-order valence-corrected chi connectivity index (χ3v) is 8.54. The number of carbonyl (C=O) groups is 2. The van der Waals surface area contributed by atoms with Crippen molar-refractivity contribution in [2.24, 2.45) is 0 Å². The Morgan fingerprint density at radius 1 is 1.12 bits per heavy atom. The van der Waals surface area contributed by atoms with Crippen molar-refractivity contribution in [3.63, 3.8) is 0 Å². The molecule has 1 aromatic carbocycles. The average Bonchev–Trinajstić information content (AvgIpc) is 3.47. The molecule has 3 aliphatic rings. The van der Waals surface area contributed by atoms with Crippen LogP contribution in [0.25, 0.3) is 21.3 Å². The summed E-state index contributed by atoms with van der Waals surface area (Å²) in [4.78, 5) is 31.1. The van der Waals surface area contributed by atoms with Gasteiger partial charge >= 0.3 is 0 Å². The number of rotatable bonds is 5. The minimum atomic E-state index is -0.104. The highest BCUT2D eigenvalue weighted by molar-refractivity contribution is 7.19.